The van der Waals surface area contributed by atoms with Gasteiger partial charge in [-0.2, -0.15) is 13.2 Å². The number of nitrogens with zero attached hydrogens (tertiary/aromatic N) is 4. The Morgan fingerprint density at radius 2 is 1.89 bits per heavy atom. The van der Waals surface area contributed by atoms with Gasteiger partial charge in [-0.25, -0.2) is 0 Å². The van der Waals surface area contributed by atoms with Crippen molar-refractivity contribution in [2.45, 2.75) is 19.0 Å². The molecule has 2 aromatic heterocycles. The number of halogens is 3. The molecule has 1 aromatic carbocycles. The van der Waals surface area contributed by atoms with E-state index in [4.69, 9.17) is 0 Å². The fourth-order valence-electron chi connectivity index (χ4n) is 3.40. The lowest BCUT2D eigenvalue weighted by molar-refractivity contribution is -0.137. The Bertz CT molecular complexity index is 986. The third-order valence-corrected chi connectivity index (χ3v) is 4.83. The molecule has 0 radical (unpaired) electrons. The second-order valence-electron chi connectivity index (χ2n) is 6.78. The van der Waals surface area contributed by atoms with E-state index in [0.717, 1.165) is 18.7 Å². The van der Waals surface area contributed by atoms with E-state index in [9.17, 15) is 18.0 Å². The van der Waals surface area contributed by atoms with E-state index >= 15 is 0 Å². The van der Waals surface area contributed by atoms with Crippen molar-refractivity contribution >= 4 is 23.2 Å². The molecule has 0 spiro atoms. The van der Waals surface area contributed by atoms with Crippen LogP contribution in [0.25, 0.3) is 5.65 Å². The van der Waals surface area contributed by atoms with Crippen LogP contribution in [0.2, 0.25) is 0 Å². The van der Waals surface area contributed by atoms with Gasteiger partial charge in [0.1, 0.15) is 0 Å². The van der Waals surface area contributed by atoms with Crippen LogP contribution in [0.5, 0.6) is 0 Å². The Morgan fingerprint density at radius 1 is 1.11 bits per heavy atom. The molecule has 1 fully saturated rings. The molecule has 3 aromatic rings. The average molecular weight is 389 g/mol. The molecule has 1 amide bonds. The third kappa shape index (κ3) is 3.64. The molecule has 0 saturated carbocycles. The fraction of sp³-hybridized carbons (Fsp3) is 0.316. The summed E-state index contributed by atoms with van der Waals surface area (Å²) < 4.78 is 40.5. The van der Waals surface area contributed by atoms with Gasteiger partial charge in [-0.1, -0.05) is 18.2 Å². The largest absolute Gasteiger partial charge is 0.417 e. The zero-order valence-corrected chi connectivity index (χ0v) is 14.9. The monoisotopic (exact) mass is 389 g/mol. The highest BCUT2D eigenvalue weighted by atomic mass is 19.4. The smallest absolute Gasteiger partial charge is 0.340 e. The number of rotatable bonds is 3. The number of amides is 1. The van der Waals surface area contributed by atoms with Crippen LogP contribution in [0, 0.1) is 5.92 Å². The molecule has 6 nitrogen and oxygen atoms in total. The topological polar surface area (TPSA) is 62.5 Å². The first kappa shape index (κ1) is 18.3. The number of pyridine rings is 1. The molecule has 1 aliphatic rings. The second-order valence-corrected chi connectivity index (χ2v) is 6.78. The molecule has 1 unspecified atom stereocenters. The van der Waals surface area contributed by atoms with Crippen molar-refractivity contribution in [2.24, 2.45) is 5.92 Å². The minimum Gasteiger partial charge on any atom is -0.340 e. The Balaban J connectivity index is 1.55. The molecular formula is C19H18F3N5O. The minimum atomic E-state index is -4.45. The summed E-state index contributed by atoms with van der Waals surface area (Å²) >= 11 is 0. The van der Waals surface area contributed by atoms with E-state index in [1.165, 1.54) is 10.5 Å². The number of carbonyl (C=O) groups excluding carboxylic acids is 1. The Labute approximate surface area is 159 Å². The van der Waals surface area contributed by atoms with Crippen LogP contribution in [0.3, 0.4) is 0 Å². The van der Waals surface area contributed by atoms with Crippen molar-refractivity contribution in [1.29, 1.82) is 0 Å². The molecule has 4 rings (SSSR count). The lowest BCUT2D eigenvalue weighted by Crippen LogP contribution is -2.41. The van der Waals surface area contributed by atoms with Gasteiger partial charge in [-0.05, 0) is 37.1 Å². The van der Waals surface area contributed by atoms with Crippen molar-refractivity contribution in [1.82, 2.24) is 14.6 Å². The van der Waals surface area contributed by atoms with Crippen molar-refractivity contribution in [3.63, 3.8) is 0 Å². The first-order valence-corrected chi connectivity index (χ1v) is 8.94. The normalized spacial score (nSPS) is 17.7. The van der Waals surface area contributed by atoms with E-state index in [2.05, 4.69) is 15.5 Å². The summed E-state index contributed by atoms with van der Waals surface area (Å²) in [6, 6.07) is 11.4. The van der Waals surface area contributed by atoms with Crippen molar-refractivity contribution in [2.75, 3.05) is 23.3 Å². The molecule has 0 aliphatic carbocycles. The summed E-state index contributed by atoms with van der Waals surface area (Å²) in [5.41, 5.74) is 0.280. The predicted octanol–water partition coefficient (Wildman–Crippen LogP) is 3.60. The van der Waals surface area contributed by atoms with Gasteiger partial charge in [-0.15, -0.1) is 10.2 Å². The van der Waals surface area contributed by atoms with Gasteiger partial charge >= 0.3 is 6.18 Å². The minimum absolute atomic E-state index is 0.110. The standard InChI is InChI=1S/C19H18F3N5O/c20-19(21,22)14-8-9-16-24-25-18(27(16)12-14)26-10-4-5-13(11-26)17(28)23-15-6-2-1-3-7-15/h1-3,6-9,12-13H,4-5,10-11H2,(H,23,28). The highest BCUT2D eigenvalue weighted by Crippen LogP contribution is 2.30. The van der Waals surface area contributed by atoms with Crippen LogP contribution < -0.4 is 10.2 Å². The number of piperidine rings is 1. The van der Waals surface area contributed by atoms with E-state index < -0.39 is 11.7 Å². The molecule has 3 heterocycles. The molecule has 1 N–H and O–H groups in total. The number of hydrogen-bond acceptors (Lipinski definition) is 4. The number of hydrogen-bond donors (Lipinski definition) is 1. The van der Waals surface area contributed by atoms with E-state index in [-0.39, 0.29) is 11.8 Å². The number of nitrogens with one attached hydrogen (secondary N) is 1. The number of anilines is 2. The van der Waals surface area contributed by atoms with Gasteiger partial charge in [0.2, 0.25) is 11.9 Å². The molecule has 28 heavy (non-hydrogen) atoms. The van der Waals surface area contributed by atoms with Crippen molar-refractivity contribution in [3.8, 4) is 0 Å². The summed E-state index contributed by atoms with van der Waals surface area (Å²) in [6.45, 7) is 0.974. The number of aromatic nitrogens is 3. The summed E-state index contributed by atoms with van der Waals surface area (Å²) in [5, 5.41) is 10.9. The highest BCUT2D eigenvalue weighted by Gasteiger charge is 2.32. The van der Waals surface area contributed by atoms with Gasteiger partial charge in [0.15, 0.2) is 5.65 Å². The summed E-state index contributed by atoms with van der Waals surface area (Å²) in [4.78, 5) is 14.4. The first-order chi connectivity index (χ1) is 13.4. The zero-order valence-electron chi connectivity index (χ0n) is 14.9. The summed E-state index contributed by atoms with van der Waals surface area (Å²) in [5.74, 6) is -0.0777. The van der Waals surface area contributed by atoms with Crippen LogP contribution in [0.15, 0.2) is 48.7 Å². The van der Waals surface area contributed by atoms with Crippen molar-refractivity contribution in [3.05, 3.63) is 54.2 Å². The lowest BCUT2D eigenvalue weighted by atomic mass is 9.97. The Kier molecular flexibility index (Phi) is 4.66. The average Bonchev–Trinajstić information content (AvgIpc) is 3.11. The van der Waals surface area contributed by atoms with E-state index in [1.807, 2.05) is 35.2 Å². The molecule has 0 bridgehead atoms. The number of benzene rings is 1. The zero-order chi connectivity index (χ0) is 19.7. The molecule has 9 heteroatoms. The lowest BCUT2D eigenvalue weighted by Gasteiger charge is -2.32. The van der Waals surface area contributed by atoms with Crippen molar-refractivity contribution < 1.29 is 18.0 Å². The van der Waals surface area contributed by atoms with Gasteiger partial charge in [-0.3, -0.25) is 9.20 Å². The molecule has 1 aliphatic heterocycles. The summed E-state index contributed by atoms with van der Waals surface area (Å²) in [6.07, 6.45) is -2.01. The van der Waals surface area contributed by atoms with Crippen LogP contribution in [0.1, 0.15) is 18.4 Å². The molecular weight excluding hydrogens is 371 g/mol. The van der Waals surface area contributed by atoms with Crippen LogP contribution in [-0.2, 0) is 11.0 Å². The molecule has 1 saturated heterocycles. The van der Waals surface area contributed by atoms with Crippen LogP contribution in [-0.4, -0.2) is 33.6 Å². The second kappa shape index (κ2) is 7.14. The maximum Gasteiger partial charge on any atom is 0.417 e. The maximum atomic E-state index is 13.1. The first-order valence-electron chi connectivity index (χ1n) is 8.94. The Hall–Kier alpha value is -3.10. The van der Waals surface area contributed by atoms with E-state index in [0.29, 0.717) is 36.8 Å². The molecule has 146 valence electrons. The quantitative estimate of drug-likeness (QED) is 0.744. The third-order valence-electron chi connectivity index (χ3n) is 4.83. The van der Waals surface area contributed by atoms with Gasteiger partial charge in [0.25, 0.3) is 0 Å². The maximum absolute atomic E-state index is 13.1. The SMILES string of the molecule is O=C(Nc1ccccc1)C1CCCN(c2nnc3ccc(C(F)(F)F)cn23)C1. The fourth-order valence-corrected chi connectivity index (χ4v) is 3.40. The van der Waals surface area contributed by atoms with Gasteiger partial charge < -0.3 is 10.2 Å². The number of para-hydroxylation sites is 1. The number of alkyl halides is 3. The van der Waals surface area contributed by atoms with Gasteiger partial charge in [0, 0.05) is 25.0 Å². The van der Waals surface area contributed by atoms with E-state index in [1.54, 1.807) is 0 Å². The summed E-state index contributed by atoms with van der Waals surface area (Å²) in [7, 11) is 0. The predicted molar refractivity (Wildman–Crippen MR) is 98.0 cm³/mol. The Morgan fingerprint density at radius 3 is 2.64 bits per heavy atom. The highest BCUT2D eigenvalue weighted by molar-refractivity contribution is 5.93. The van der Waals surface area contributed by atoms with Gasteiger partial charge in [0.05, 0.1) is 11.5 Å². The number of fused-ring (bicyclic) bond motifs is 1. The van der Waals surface area contributed by atoms with Crippen LogP contribution >= 0.6 is 0 Å². The number of carbonyl (C=O) groups is 1. The van der Waals surface area contributed by atoms with Crippen LogP contribution in [0.4, 0.5) is 24.8 Å². The molecule has 1 atom stereocenters.